The fraction of sp³-hybridized carbons (Fsp3) is 0.357. The molecular formula is C14H18BrN3. The van der Waals surface area contributed by atoms with Gasteiger partial charge >= 0.3 is 0 Å². The summed E-state index contributed by atoms with van der Waals surface area (Å²) >= 11 is 3.43. The summed E-state index contributed by atoms with van der Waals surface area (Å²) in [5, 5.41) is 4.44. The minimum absolute atomic E-state index is 0.0134. The number of benzene rings is 1. The first-order valence-electron chi connectivity index (χ1n) is 6.14. The molecule has 0 amide bonds. The lowest BCUT2D eigenvalue weighted by atomic mass is 10.0. The standard InChI is InChI=1S/C14H18BrN3/c1-3-18-13(8-10(2)17-18)9-14(16)11-4-6-12(15)7-5-11/h4-8,14H,3,9,16H2,1-2H3. The smallest absolute Gasteiger partial charge is 0.0596 e. The SMILES string of the molecule is CCn1nc(C)cc1CC(N)c1ccc(Br)cc1. The Morgan fingerprint density at radius 1 is 1.33 bits per heavy atom. The van der Waals surface area contributed by atoms with Gasteiger partial charge in [-0.05, 0) is 37.6 Å². The summed E-state index contributed by atoms with van der Waals surface area (Å²) in [4.78, 5) is 0. The quantitative estimate of drug-likeness (QED) is 0.942. The molecule has 4 heteroatoms. The van der Waals surface area contributed by atoms with E-state index in [-0.39, 0.29) is 6.04 Å². The molecule has 3 nitrogen and oxygen atoms in total. The van der Waals surface area contributed by atoms with Crippen molar-refractivity contribution in [3.63, 3.8) is 0 Å². The highest BCUT2D eigenvalue weighted by Gasteiger charge is 2.11. The van der Waals surface area contributed by atoms with Crippen molar-refractivity contribution in [3.05, 3.63) is 51.8 Å². The molecule has 0 fully saturated rings. The van der Waals surface area contributed by atoms with E-state index in [1.165, 1.54) is 5.69 Å². The van der Waals surface area contributed by atoms with E-state index < -0.39 is 0 Å². The van der Waals surface area contributed by atoms with Gasteiger partial charge in [0.05, 0.1) is 5.69 Å². The zero-order valence-electron chi connectivity index (χ0n) is 10.7. The van der Waals surface area contributed by atoms with Gasteiger partial charge in [0.1, 0.15) is 0 Å². The van der Waals surface area contributed by atoms with Crippen LogP contribution in [0.1, 0.15) is 29.9 Å². The van der Waals surface area contributed by atoms with Gasteiger partial charge in [-0.3, -0.25) is 4.68 Å². The van der Waals surface area contributed by atoms with Gasteiger partial charge < -0.3 is 5.73 Å². The third-order valence-corrected chi connectivity index (χ3v) is 3.54. The summed E-state index contributed by atoms with van der Waals surface area (Å²) in [6.45, 7) is 5.00. The van der Waals surface area contributed by atoms with Crippen molar-refractivity contribution in [1.82, 2.24) is 9.78 Å². The highest BCUT2D eigenvalue weighted by molar-refractivity contribution is 9.10. The van der Waals surface area contributed by atoms with Crippen LogP contribution in [0.5, 0.6) is 0 Å². The molecule has 1 unspecified atom stereocenters. The lowest BCUT2D eigenvalue weighted by Crippen LogP contribution is -2.16. The first-order valence-corrected chi connectivity index (χ1v) is 6.94. The molecule has 1 aromatic carbocycles. The molecule has 18 heavy (non-hydrogen) atoms. The van der Waals surface area contributed by atoms with Crippen LogP contribution in [0.2, 0.25) is 0 Å². The van der Waals surface area contributed by atoms with Crippen LogP contribution < -0.4 is 5.73 Å². The van der Waals surface area contributed by atoms with Gasteiger partial charge in [0.2, 0.25) is 0 Å². The van der Waals surface area contributed by atoms with Crippen LogP contribution in [0, 0.1) is 6.92 Å². The van der Waals surface area contributed by atoms with E-state index in [4.69, 9.17) is 5.73 Å². The zero-order chi connectivity index (χ0) is 13.1. The topological polar surface area (TPSA) is 43.8 Å². The molecular weight excluding hydrogens is 290 g/mol. The van der Waals surface area contributed by atoms with Crippen molar-refractivity contribution in [1.29, 1.82) is 0 Å². The molecule has 1 aromatic heterocycles. The third kappa shape index (κ3) is 3.00. The fourth-order valence-electron chi connectivity index (χ4n) is 2.09. The molecule has 2 N–H and O–H groups in total. The second-order valence-electron chi connectivity index (χ2n) is 4.45. The number of rotatable bonds is 4. The van der Waals surface area contributed by atoms with Crippen LogP contribution in [0.4, 0.5) is 0 Å². The maximum absolute atomic E-state index is 6.25. The van der Waals surface area contributed by atoms with E-state index in [0.29, 0.717) is 0 Å². The minimum Gasteiger partial charge on any atom is -0.324 e. The Morgan fingerprint density at radius 3 is 2.61 bits per heavy atom. The lowest BCUT2D eigenvalue weighted by Gasteiger charge is -2.13. The second kappa shape index (κ2) is 5.67. The first kappa shape index (κ1) is 13.3. The van der Waals surface area contributed by atoms with Gasteiger partial charge in [0.25, 0.3) is 0 Å². The minimum atomic E-state index is 0.0134. The number of nitrogens with zero attached hydrogens (tertiary/aromatic N) is 2. The molecule has 2 aromatic rings. The molecule has 1 heterocycles. The van der Waals surface area contributed by atoms with Gasteiger partial charge in [0.15, 0.2) is 0 Å². The summed E-state index contributed by atoms with van der Waals surface area (Å²) in [7, 11) is 0. The second-order valence-corrected chi connectivity index (χ2v) is 5.37. The van der Waals surface area contributed by atoms with Crippen molar-refractivity contribution < 1.29 is 0 Å². The van der Waals surface area contributed by atoms with Crippen LogP contribution in [-0.4, -0.2) is 9.78 Å². The largest absolute Gasteiger partial charge is 0.324 e. The highest BCUT2D eigenvalue weighted by atomic mass is 79.9. The van der Waals surface area contributed by atoms with Gasteiger partial charge in [-0.15, -0.1) is 0 Å². The number of aryl methyl sites for hydroxylation is 2. The Labute approximate surface area is 116 Å². The molecule has 0 saturated heterocycles. The van der Waals surface area contributed by atoms with Crippen LogP contribution in [0.15, 0.2) is 34.8 Å². The van der Waals surface area contributed by atoms with E-state index in [1.807, 2.05) is 23.7 Å². The van der Waals surface area contributed by atoms with Crippen LogP contribution >= 0.6 is 15.9 Å². The molecule has 0 aliphatic heterocycles. The van der Waals surface area contributed by atoms with Crippen molar-refractivity contribution in [2.24, 2.45) is 5.73 Å². The van der Waals surface area contributed by atoms with E-state index in [9.17, 15) is 0 Å². The molecule has 1 atom stereocenters. The van der Waals surface area contributed by atoms with Crippen molar-refractivity contribution >= 4 is 15.9 Å². The zero-order valence-corrected chi connectivity index (χ0v) is 12.3. The van der Waals surface area contributed by atoms with Crippen molar-refractivity contribution in [2.45, 2.75) is 32.9 Å². The Morgan fingerprint density at radius 2 is 2.00 bits per heavy atom. The molecule has 0 aliphatic carbocycles. The molecule has 0 radical (unpaired) electrons. The van der Waals surface area contributed by atoms with Gasteiger partial charge in [-0.2, -0.15) is 5.10 Å². The molecule has 96 valence electrons. The lowest BCUT2D eigenvalue weighted by molar-refractivity contribution is 0.587. The van der Waals surface area contributed by atoms with Crippen LogP contribution in [0.3, 0.4) is 0 Å². The maximum atomic E-state index is 6.25. The van der Waals surface area contributed by atoms with E-state index in [1.54, 1.807) is 0 Å². The monoisotopic (exact) mass is 307 g/mol. The van der Waals surface area contributed by atoms with Gasteiger partial charge in [0, 0.05) is 29.2 Å². The molecule has 2 rings (SSSR count). The van der Waals surface area contributed by atoms with E-state index >= 15 is 0 Å². The predicted molar refractivity (Wildman–Crippen MR) is 77.4 cm³/mol. The number of halogens is 1. The Hall–Kier alpha value is -1.13. The number of aromatic nitrogens is 2. The summed E-state index contributed by atoms with van der Waals surface area (Å²) < 4.78 is 3.10. The third-order valence-electron chi connectivity index (χ3n) is 3.01. The van der Waals surface area contributed by atoms with Gasteiger partial charge in [-0.1, -0.05) is 28.1 Å². The summed E-state index contributed by atoms with van der Waals surface area (Å²) in [6.07, 6.45) is 0.816. The number of hydrogen-bond donors (Lipinski definition) is 1. The number of nitrogens with two attached hydrogens (primary N) is 1. The van der Waals surface area contributed by atoms with Crippen molar-refractivity contribution in [2.75, 3.05) is 0 Å². The Balaban J connectivity index is 2.15. The number of hydrogen-bond acceptors (Lipinski definition) is 2. The molecule has 0 spiro atoms. The molecule has 0 saturated carbocycles. The molecule has 0 aliphatic rings. The summed E-state index contributed by atoms with van der Waals surface area (Å²) in [5.74, 6) is 0. The Kier molecular flexibility index (Phi) is 4.19. The first-order chi connectivity index (χ1) is 8.60. The normalized spacial score (nSPS) is 12.7. The average molecular weight is 308 g/mol. The van der Waals surface area contributed by atoms with E-state index in [2.05, 4.69) is 46.2 Å². The maximum Gasteiger partial charge on any atom is 0.0596 e. The summed E-state index contributed by atoms with van der Waals surface area (Å²) in [6, 6.07) is 10.3. The van der Waals surface area contributed by atoms with E-state index in [0.717, 1.165) is 28.7 Å². The van der Waals surface area contributed by atoms with Crippen molar-refractivity contribution in [3.8, 4) is 0 Å². The predicted octanol–water partition coefficient (Wildman–Crippen LogP) is 3.22. The summed E-state index contributed by atoms with van der Waals surface area (Å²) in [5.41, 5.74) is 9.66. The highest BCUT2D eigenvalue weighted by Crippen LogP contribution is 2.19. The Bertz CT molecular complexity index is 516. The average Bonchev–Trinajstić information content (AvgIpc) is 2.70. The van der Waals surface area contributed by atoms with Crippen LogP contribution in [0.25, 0.3) is 0 Å². The fourth-order valence-corrected chi connectivity index (χ4v) is 2.35. The van der Waals surface area contributed by atoms with Crippen LogP contribution in [-0.2, 0) is 13.0 Å². The molecule has 0 bridgehead atoms. The van der Waals surface area contributed by atoms with Gasteiger partial charge in [-0.25, -0.2) is 0 Å².